The van der Waals surface area contributed by atoms with Gasteiger partial charge in [-0.1, -0.05) is 20.7 Å². The quantitative estimate of drug-likeness (QED) is 0.795. The van der Waals surface area contributed by atoms with Gasteiger partial charge in [-0.05, 0) is 36.0 Å². The maximum Gasteiger partial charge on any atom is 0.252 e. The van der Waals surface area contributed by atoms with Crippen molar-refractivity contribution < 1.29 is 14.3 Å². The minimum Gasteiger partial charge on any atom is -0.454 e. The molecule has 0 aromatic heterocycles. The minimum atomic E-state index is 0.0384. The first-order chi connectivity index (χ1) is 13.2. The summed E-state index contributed by atoms with van der Waals surface area (Å²) in [4.78, 5) is 17.0. The van der Waals surface area contributed by atoms with Crippen LogP contribution < -0.4 is 14.8 Å². The lowest BCUT2D eigenvalue weighted by molar-refractivity contribution is -0.123. The molecular formula is C20H22N3O3P. The molecule has 5 rings (SSSR count). The van der Waals surface area contributed by atoms with E-state index in [-0.39, 0.29) is 18.5 Å². The number of nitrogens with one attached hydrogen (secondary N) is 1. The normalized spacial score (nSPS) is 27.5. The van der Waals surface area contributed by atoms with Crippen LogP contribution in [0.3, 0.4) is 0 Å². The molecule has 4 aliphatic heterocycles. The second-order valence-corrected chi connectivity index (χ2v) is 8.59. The van der Waals surface area contributed by atoms with Gasteiger partial charge in [-0.25, -0.2) is 0 Å². The second kappa shape index (κ2) is 6.70. The zero-order valence-electron chi connectivity index (χ0n) is 15.1. The maximum atomic E-state index is 12.8. The standard InChI is InChI=1S/C20H22N3O3P/c1-13-10-22(7-6-21-13)15-3-5-20-23(11-15)19(24)9-18(27-20)14-2-4-16-17(8-14)26-12-25-16/h2-5,8-9,11,13,20-21,27H,6-7,10,12H2,1H3. The molecule has 4 heterocycles. The summed E-state index contributed by atoms with van der Waals surface area (Å²) in [6, 6.07) is 6.35. The van der Waals surface area contributed by atoms with Gasteiger partial charge >= 0.3 is 0 Å². The van der Waals surface area contributed by atoms with Crippen LogP contribution in [-0.4, -0.2) is 54.0 Å². The fraction of sp³-hybridized carbons (Fsp3) is 0.350. The number of benzene rings is 1. The first kappa shape index (κ1) is 16.8. The van der Waals surface area contributed by atoms with Gasteiger partial charge in [0.15, 0.2) is 11.5 Å². The fourth-order valence-electron chi connectivity index (χ4n) is 3.85. The average molecular weight is 383 g/mol. The first-order valence-electron chi connectivity index (χ1n) is 9.26. The van der Waals surface area contributed by atoms with Gasteiger partial charge in [-0.2, -0.15) is 0 Å². The van der Waals surface area contributed by atoms with E-state index in [1.807, 2.05) is 29.3 Å². The van der Waals surface area contributed by atoms with Crippen molar-refractivity contribution in [1.29, 1.82) is 0 Å². The van der Waals surface area contributed by atoms with E-state index in [1.165, 1.54) is 0 Å². The van der Waals surface area contributed by atoms with Gasteiger partial charge in [0.1, 0.15) is 0 Å². The van der Waals surface area contributed by atoms with Crippen LogP contribution in [0.1, 0.15) is 12.5 Å². The van der Waals surface area contributed by atoms with E-state index in [2.05, 4.69) is 29.3 Å². The predicted molar refractivity (Wildman–Crippen MR) is 106 cm³/mol. The van der Waals surface area contributed by atoms with Crippen molar-refractivity contribution in [2.45, 2.75) is 18.7 Å². The SMILES string of the molecule is CC1CN(C2=CN3C(=O)C=C(c4ccc5c(c4)OCO5)PC3C=C2)CCN1. The molecule has 3 atom stereocenters. The summed E-state index contributed by atoms with van der Waals surface area (Å²) in [6.07, 6.45) is 8.12. The number of ether oxygens (including phenoxy) is 2. The Hall–Kier alpha value is -2.30. The molecule has 1 aromatic rings. The van der Waals surface area contributed by atoms with Crippen LogP contribution in [0.2, 0.25) is 0 Å². The van der Waals surface area contributed by atoms with Crippen LogP contribution in [0.4, 0.5) is 0 Å². The first-order valence-corrected chi connectivity index (χ1v) is 10.3. The molecule has 7 heteroatoms. The number of carbonyl (C=O) groups excluding carboxylic acids is 1. The van der Waals surface area contributed by atoms with Crippen molar-refractivity contribution in [2.24, 2.45) is 0 Å². The topological polar surface area (TPSA) is 54.0 Å². The molecule has 0 radical (unpaired) electrons. The molecule has 1 aromatic carbocycles. The molecule has 3 unspecified atom stereocenters. The number of hydrogen-bond acceptors (Lipinski definition) is 5. The number of piperazine rings is 1. The van der Waals surface area contributed by atoms with Crippen LogP contribution in [0.25, 0.3) is 5.31 Å². The number of carbonyl (C=O) groups is 1. The fourth-order valence-corrected chi connectivity index (χ4v) is 5.23. The van der Waals surface area contributed by atoms with E-state index in [9.17, 15) is 4.79 Å². The molecule has 0 bridgehead atoms. The highest BCUT2D eigenvalue weighted by atomic mass is 31.1. The van der Waals surface area contributed by atoms with Crippen molar-refractivity contribution in [2.75, 3.05) is 26.4 Å². The predicted octanol–water partition coefficient (Wildman–Crippen LogP) is 2.31. The third-order valence-electron chi connectivity index (χ3n) is 5.26. The van der Waals surface area contributed by atoms with Crippen LogP contribution >= 0.6 is 8.58 Å². The number of hydrogen-bond donors (Lipinski definition) is 1. The zero-order chi connectivity index (χ0) is 18.4. The van der Waals surface area contributed by atoms with E-state index < -0.39 is 0 Å². The molecule has 27 heavy (non-hydrogen) atoms. The zero-order valence-corrected chi connectivity index (χ0v) is 16.1. The Kier molecular flexibility index (Phi) is 4.18. The van der Waals surface area contributed by atoms with Crippen molar-refractivity contribution in [3.63, 3.8) is 0 Å². The molecule has 6 nitrogen and oxygen atoms in total. The van der Waals surface area contributed by atoms with Crippen molar-refractivity contribution >= 4 is 19.8 Å². The number of rotatable bonds is 2. The van der Waals surface area contributed by atoms with Crippen LogP contribution in [-0.2, 0) is 4.79 Å². The monoisotopic (exact) mass is 383 g/mol. The summed E-state index contributed by atoms with van der Waals surface area (Å²) in [5, 5.41) is 4.52. The molecule has 0 aliphatic carbocycles. The summed E-state index contributed by atoms with van der Waals surface area (Å²) in [5.41, 5.74) is 2.15. The molecular weight excluding hydrogens is 361 g/mol. The van der Waals surface area contributed by atoms with E-state index in [0.29, 0.717) is 14.6 Å². The Morgan fingerprint density at radius 2 is 2.15 bits per heavy atom. The smallest absolute Gasteiger partial charge is 0.252 e. The Labute approximate surface area is 160 Å². The maximum absolute atomic E-state index is 12.8. The second-order valence-electron chi connectivity index (χ2n) is 7.18. The van der Waals surface area contributed by atoms with E-state index >= 15 is 0 Å². The third-order valence-corrected chi connectivity index (χ3v) is 6.77. The van der Waals surface area contributed by atoms with Crippen LogP contribution in [0.5, 0.6) is 11.5 Å². The molecule has 1 saturated heterocycles. The largest absolute Gasteiger partial charge is 0.454 e. The average Bonchev–Trinajstić information content (AvgIpc) is 3.15. The van der Waals surface area contributed by atoms with Gasteiger partial charge in [0.25, 0.3) is 5.91 Å². The van der Waals surface area contributed by atoms with Gasteiger partial charge in [-0.15, -0.1) is 0 Å². The summed E-state index contributed by atoms with van der Waals surface area (Å²) >= 11 is 0. The highest BCUT2D eigenvalue weighted by molar-refractivity contribution is 7.51. The van der Waals surface area contributed by atoms with Gasteiger partial charge in [0.05, 0.1) is 11.5 Å². The third kappa shape index (κ3) is 3.13. The number of fused-ring (bicyclic) bond motifs is 2. The molecule has 1 amide bonds. The van der Waals surface area contributed by atoms with Crippen molar-refractivity contribution in [3.8, 4) is 11.5 Å². The molecule has 4 aliphatic rings. The van der Waals surface area contributed by atoms with Gasteiger partial charge in [0.2, 0.25) is 6.79 Å². The molecule has 1 N–H and O–H groups in total. The minimum absolute atomic E-state index is 0.0384. The van der Waals surface area contributed by atoms with E-state index in [1.54, 1.807) is 6.08 Å². The summed E-state index contributed by atoms with van der Waals surface area (Å²) in [5.74, 6) is 1.65. The summed E-state index contributed by atoms with van der Waals surface area (Å²) in [6.45, 7) is 5.35. The van der Waals surface area contributed by atoms with Gasteiger partial charge in [0, 0.05) is 38.0 Å². The lowest BCUT2D eigenvalue weighted by Gasteiger charge is -2.39. The number of nitrogens with zero attached hydrogens (tertiary/aromatic N) is 2. The molecule has 0 spiro atoms. The Morgan fingerprint density at radius 3 is 3.04 bits per heavy atom. The van der Waals surface area contributed by atoms with Gasteiger partial charge < -0.3 is 24.6 Å². The Bertz CT molecular complexity index is 879. The summed E-state index contributed by atoms with van der Waals surface area (Å²) < 4.78 is 10.9. The summed E-state index contributed by atoms with van der Waals surface area (Å²) in [7, 11) is 0.502. The number of allylic oxidation sites excluding steroid dienone is 1. The Morgan fingerprint density at radius 1 is 1.26 bits per heavy atom. The van der Waals surface area contributed by atoms with Crippen molar-refractivity contribution in [1.82, 2.24) is 15.1 Å². The molecule has 140 valence electrons. The van der Waals surface area contributed by atoms with E-state index in [0.717, 1.165) is 47.7 Å². The van der Waals surface area contributed by atoms with E-state index in [4.69, 9.17) is 9.47 Å². The van der Waals surface area contributed by atoms with Crippen molar-refractivity contribution in [3.05, 3.63) is 53.9 Å². The highest BCUT2D eigenvalue weighted by Gasteiger charge is 2.30. The van der Waals surface area contributed by atoms with Crippen LogP contribution in [0.15, 0.2) is 48.3 Å². The lowest BCUT2D eigenvalue weighted by atomic mass is 10.1. The van der Waals surface area contributed by atoms with Crippen LogP contribution in [0, 0.1) is 0 Å². The highest BCUT2D eigenvalue weighted by Crippen LogP contribution is 2.46. The number of amides is 1. The Balaban J connectivity index is 1.39. The van der Waals surface area contributed by atoms with Gasteiger partial charge in [-0.3, -0.25) is 4.79 Å². The lowest BCUT2D eigenvalue weighted by Crippen LogP contribution is -2.49. The molecule has 0 saturated carbocycles. The molecule has 1 fully saturated rings.